The summed E-state index contributed by atoms with van der Waals surface area (Å²) < 4.78 is 5.39. The number of para-hydroxylation sites is 1. The number of carbonyl (C=O) groups is 2. The smallest absolute Gasteiger partial charge is 0.268 e. The fraction of sp³-hybridized carbons (Fsp3) is 0.250. The predicted molar refractivity (Wildman–Crippen MR) is 96.5 cm³/mol. The summed E-state index contributed by atoms with van der Waals surface area (Å²) in [6.07, 6.45) is 0. The minimum atomic E-state index is -0.377. The molecule has 0 saturated carbocycles. The fourth-order valence-electron chi connectivity index (χ4n) is 3.62. The Morgan fingerprint density at radius 2 is 1.69 bits per heavy atom. The van der Waals surface area contributed by atoms with Gasteiger partial charge in [-0.3, -0.25) is 9.59 Å². The molecule has 0 aliphatic carbocycles. The van der Waals surface area contributed by atoms with Gasteiger partial charge in [-0.15, -0.1) is 0 Å². The van der Waals surface area contributed by atoms with Crippen LogP contribution in [-0.4, -0.2) is 38.1 Å². The van der Waals surface area contributed by atoms with Gasteiger partial charge in [-0.25, -0.2) is 4.90 Å². The van der Waals surface area contributed by atoms with E-state index in [0.717, 1.165) is 0 Å². The lowest BCUT2D eigenvalue weighted by atomic mass is 9.96. The van der Waals surface area contributed by atoms with Crippen molar-refractivity contribution in [2.45, 2.75) is 6.92 Å². The summed E-state index contributed by atoms with van der Waals surface area (Å²) in [4.78, 5) is 29.4. The van der Waals surface area contributed by atoms with E-state index >= 15 is 0 Å². The highest BCUT2D eigenvalue weighted by Crippen LogP contribution is 2.38. The van der Waals surface area contributed by atoms with E-state index in [1.54, 1.807) is 37.3 Å². The molecule has 0 unspecified atom stereocenters. The van der Waals surface area contributed by atoms with Crippen LogP contribution in [0.2, 0.25) is 0 Å². The zero-order chi connectivity index (χ0) is 18.3. The van der Waals surface area contributed by atoms with Crippen molar-refractivity contribution >= 4 is 23.2 Å². The van der Waals surface area contributed by atoms with Crippen molar-refractivity contribution in [1.29, 1.82) is 5.26 Å². The van der Waals surface area contributed by atoms with Crippen molar-refractivity contribution in [2.24, 2.45) is 0 Å². The number of anilines is 2. The van der Waals surface area contributed by atoms with Gasteiger partial charge in [0.1, 0.15) is 6.07 Å². The quantitative estimate of drug-likeness (QED) is 0.781. The summed E-state index contributed by atoms with van der Waals surface area (Å²) in [6, 6.07) is 12.8. The number of nitrogens with zero attached hydrogens (tertiary/aromatic N) is 3. The van der Waals surface area contributed by atoms with Crippen LogP contribution >= 0.6 is 0 Å². The van der Waals surface area contributed by atoms with E-state index in [1.807, 2.05) is 11.0 Å². The highest BCUT2D eigenvalue weighted by atomic mass is 16.5. The number of nitriles is 1. The third-order valence-corrected chi connectivity index (χ3v) is 4.79. The summed E-state index contributed by atoms with van der Waals surface area (Å²) >= 11 is 0. The van der Waals surface area contributed by atoms with Crippen LogP contribution in [0.5, 0.6) is 0 Å². The van der Waals surface area contributed by atoms with Crippen LogP contribution in [0.4, 0.5) is 11.4 Å². The highest BCUT2D eigenvalue weighted by molar-refractivity contribution is 6.36. The molecule has 2 aliphatic rings. The number of morpholine rings is 1. The van der Waals surface area contributed by atoms with E-state index in [2.05, 4.69) is 6.07 Å². The number of amides is 2. The van der Waals surface area contributed by atoms with Crippen LogP contribution in [0.25, 0.3) is 0 Å². The molecule has 4 rings (SSSR count). The van der Waals surface area contributed by atoms with Crippen LogP contribution in [0.1, 0.15) is 31.8 Å². The first-order valence-corrected chi connectivity index (χ1v) is 8.47. The van der Waals surface area contributed by atoms with Crippen molar-refractivity contribution < 1.29 is 14.3 Å². The Balaban J connectivity index is 1.92. The third kappa shape index (κ3) is 2.37. The number of fused-ring (bicyclic) bond motifs is 1. The molecular formula is C20H17N3O3. The molecule has 1 fully saturated rings. The van der Waals surface area contributed by atoms with Gasteiger partial charge in [-0.1, -0.05) is 18.2 Å². The van der Waals surface area contributed by atoms with E-state index in [4.69, 9.17) is 4.74 Å². The minimum Gasteiger partial charge on any atom is -0.378 e. The lowest BCUT2D eigenvalue weighted by Crippen LogP contribution is -2.38. The Hall–Kier alpha value is -3.17. The van der Waals surface area contributed by atoms with Gasteiger partial charge < -0.3 is 9.64 Å². The molecule has 2 amide bonds. The average molecular weight is 347 g/mol. The molecule has 0 radical (unpaired) electrons. The number of ether oxygens (including phenoxy) is 1. The van der Waals surface area contributed by atoms with E-state index in [1.165, 1.54) is 4.90 Å². The topological polar surface area (TPSA) is 73.6 Å². The second-order valence-electron chi connectivity index (χ2n) is 6.33. The molecular weight excluding hydrogens is 330 g/mol. The normalized spacial score (nSPS) is 16.6. The van der Waals surface area contributed by atoms with Gasteiger partial charge in [-0.2, -0.15) is 5.26 Å². The number of benzene rings is 2. The lowest BCUT2D eigenvalue weighted by molar-refractivity contribution is 0.0925. The first kappa shape index (κ1) is 16.3. The van der Waals surface area contributed by atoms with Crippen molar-refractivity contribution in [2.75, 3.05) is 36.1 Å². The number of hydrogen-bond acceptors (Lipinski definition) is 5. The molecule has 130 valence electrons. The maximum Gasteiger partial charge on any atom is 0.268 e. The molecule has 0 bridgehead atoms. The number of hydrogen-bond donors (Lipinski definition) is 0. The van der Waals surface area contributed by atoms with Gasteiger partial charge in [-0.05, 0) is 30.7 Å². The van der Waals surface area contributed by atoms with Crippen molar-refractivity contribution in [3.05, 3.63) is 58.7 Å². The predicted octanol–water partition coefficient (Wildman–Crippen LogP) is 2.50. The third-order valence-electron chi connectivity index (χ3n) is 4.79. The van der Waals surface area contributed by atoms with Crippen LogP contribution in [0, 0.1) is 18.3 Å². The van der Waals surface area contributed by atoms with Gasteiger partial charge in [0.2, 0.25) is 0 Å². The number of carbonyl (C=O) groups excluding carboxylic acids is 2. The molecule has 0 aromatic heterocycles. The molecule has 2 heterocycles. The van der Waals surface area contributed by atoms with Crippen molar-refractivity contribution in [1.82, 2.24) is 0 Å². The van der Waals surface area contributed by atoms with Gasteiger partial charge in [0.25, 0.3) is 11.8 Å². The second kappa shape index (κ2) is 6.28. The van der Waals surface area contributed by atoms with Crippen molar-refractivity contribution in [3.63, 3.8) is 0 Å². The molecule has 0 N–H and O–H groups in total. The summed E-state index contributed by atoms with van der Waals surface area (Å²) in [5, 5.41) is 9.62. The summed E-state index contributed by atoms with van der Waals surface area (Å²) in [5.41, 5.74) is 2.86. The largest absolute Gasteiger partial charge is 0.378 e. The van der Waals surface area contributed by atoms with Crippen LogP contribution in [0.15, 0.2) is 36.4 Å². The van der Waals surface area contributed by atoms with Crippen LogP contribution in [0.3, 0.4) is 0 Å². The van der Waals surface area contributed by atoms with Gasteiger partial charge in [0.15, 0.2) is 0 Å². The molecule has 2 aliphatic heterocycles. The Morgan fingerprint density at radius 3 is 2.35 bits per heavy atom. The standard InChI is InChI=1S/C20H17N3O3/c1-13-11-14(12-21)18(22-7-9-26-10-8-22)17-16(13)19(24)23(20(17)25)15-5-3-2-4-6-15/h2-6,11H,7-10H2,1H3. The van der Waals surface area contributed by atoms with Gasteiger partial charge >= 0.3 is 0 Å². The van der Waals surface area contributed by atoms with Crippen LogP contribution < -0.4 is 9.80 Å². The fourth-order valence-corrected chi connectivity index (χ4v) is 3.62. The number of imide groups is 1. The van der Waals surface area contributed by atoms with E-state index in [9.17, 15) is 14.9 Å². The Labute approximate surface area is 151 Å². The average Bonchev–Trinajstić information content (AvgIpc) is 2.94. The van der Waals surface area contributed by atoms with Crippen LogP contribution in [-0.2, 0) is 4.74 Å². The van der Waals surface area contributed by atoms with E-state index in [-0.39, 0.29) is 11.8 Å². The molecule has 2 aromatic carbocycles. The lowest BCUT2D eigenvalue weighted by Gasteiger charge is -2.31. The summed E-state index contributed by atoms with van der Waals surface area (Å²) in [7, 11) is 0. The molecule has 6 nitrogen and oxygen atoms in total. The van der Waals surface area contributed by atoms with Gasteiger partial charge in [0, 0.05) is 13.1 Å². The Kier molecular flexibility index (Phi) is 3.94. The molecule has 0 atom stereocenters. The first-order valence-electron chi connectivity index (χ1n) is 8.47. The molecule has 26 heavy (non-hydrogen) atoms. The maximum atomic E-state index is 13.2. The first-order chi connectivity index (χ1) is 12.6. The highest BCUT2D eigenvalue weighted by Gasteiger charge is 2.42. The zero-order valence-corrected chi connectivity index (χ0v) is 14.4. The molecule has 0 spiro atoms. The Bertz CT molecular complexity index is 941. The maximum absolute atomic E-state index is 13.2. The minimum absolute atomic E-state index is 0.331. The Morgan fingerprint density at radius 1 is 1.04 bits per heavy atom. The number of aryl methyl sites for hydroxylation is 1. The molecule has 1 saturated heterocycles. The summed E-state index contributed by atoms with van der Waals surface area (Å²) in [6.45, 7) is 3.98. The molecule has 2 aromatic rings. The summed E-state index contributed by atoms with van der Waals surface area (Å²) in [5.74, 6) is -0.717. The van der Waals surface area contributed by atoms with Gasteiger partial charge in [0.05, 0.1) is 41.3 Å². The molecule has 6 heteroatoms. The number of rotatable bonds is 2. The SMILES string of the molecule is Cc1cc(C#N)c(N2CCOCC2)c2c1C(=O)N(c1ccccc1)C2=O. The monoisotopic (exact) mass is 347 g/mol. The zero-order valence-electron chi connectivity index (χ0n) is 14.4. The second-order valence-corrected chi connectivity index (χ2v) is 6.33. The van der Waals surface area contributed by atoms with E-state index < -0.39 is 0 Å². The van der Waals surface area contributed by atoms with Crippen molar-refractivity contribution in [3.8, 4) is 6.07 Å². The van der Waals surface area contributed by atoms with E-state index in [0.29, 0.717) is 59.9 Å².